The molecule has 2 N–H and O–H groups in total. The maximum absolute atomic E-state index is 5.36. The van der Waals surface area contributed by atoms with E-state index in [1.807, 2.05) is 18.5 Å². The first kappa shape index (κ1) is 18.2. The highest BCUT2D eigenvalue weighted by atomic mass is 16.5. The lowest BCUT2D eigenvalue weighted by molar-refractivity contribution is 0.0376. The van der Waals surface area contributed by atoms with Crippen LogP contribution in [0.4, 0.5) is 0 Å². The number of nitrogens with zero attached hydrogens (tertiary/aromatic N) is 5. The van der Waals surface area contributed by atoms with Crippen molar-refractivity contribution < 1.29 is 4.74 Å². The fourth-order valence-corrected chi connectivity index (χ4v) is 2.38. The van der Waals surface area contributed by atoms with Gasteiger partial charge in [-0.2, -0.15) is 0 Å². The van der Waals surface area contributed by atoms with Gasteiger partial charge in [0.1, 0.15) is 12.4 Å². The van der Waals surface area contributed by atoms with E-state index in [0.717, 1.165) is 57.5 Å². The highest BCUT2D eigenvalue weighted by Gasteiger charge is 2.09. The van der Waals surface area contributed by atoms with E-state index in [0.29, 0.717) is 19.0 Å². The second kappa shape index (κ2) is 9.90. The SMILES string of the molecule is C#CCNC(=NCc1nnc(C)n1C)NCCCN1CCOCC1. The minimum atomic E-state index is 0.438. The van der Waals surface area contributed by atoms with Gasteiger partial charge in [-0.25, -0.2) is 4.99 Å². The summed E-state index contributed by atoms with van der Waals surface area (Å²) in [6.07, 6.45) is 6.37. The highest BCUT2D eigenvalue weighted by Crippen LogP contribution is 1.99. The molecule has 0 radical (unpaired) electrons. The molecule has 1 aromatic heterocycles. The van der Waals surface area contributed by atoms with Crippen LogP contribution in [0.25, 0.3) is 0 Å². The number of terminal acetylenes is 1. The van der Waals surface area contributed by atoms with E-state index in [1.54, 1.807) is 0 Å². The van der Waals surface area contributed by atoms with Crippen LogP contribution in [-0.4, -0.2) is 71.6 Å². The minimum absolute atomic E-state index is 0.438. The first-order valence-electron chi connectivity index (χ1n) is 8.31. The van der Waals surface area contributed by atoms with E-state index in [1.165, 1.54) is 0 Å². The third-order valence-electron chi connectivity index (χ3n) is 3.97. The molecule has 0 bridgehead atoms. The molecular weight excluding hydrogens is 306 g/mol. The van der Waals surface area contributed by atoms with Crippen molar-refractivity contribution in [3.05, 3.63) is 11.6 Å². The van der Waals surface area contributed by atoms with E-state index >= 15 is 0 Å². The van der Waals surface area contributed by atoms with Gasteiger partial charge < -0.3 is 19.9 Å². The largest absolute Gasteiger partial charge is 0.379 e. The van der Waals surface area contributed by atoms with Gasteiger partial charge in [0.2, 0.25) is 0 Å². The predicted octanol–water partition coefficient (Wildman–Crippen LogP) is -0.486. The van der Waals surface area contributed by atoms with Crippen molar-refractivity contribution in [3.8, 4) is 12.3 Å². The molecule has 1 aliphatic heterocycles. The number of nitrogens with one attached hydrogen (secondary N) is 2. The lowest BCUT2D eigenvalue weighted by Gasteiger charge is -2.26. The van der Waals surface area contributed by atoms with Crippen molar-refractivity contribution in [2.24, 2.45) is 12.0 Å². The van der Waals surface area contributed by atoms with Gasteiger partial charge in [0, 0.05) is 26.7 Å². The summed E-state index contributed by atoms with van der Waals surface area (Å²) in [7, 11) is 1.94. The zero-order valence-electron chi connectivity index (χ0n) is 14.6. The summed E-state index contributed by atoms with van der Waals surface area (Å²) in [5.41, 5.74) is 0. The molecule has 1 saturated heterocycles. The second-order valence-corrected chi connectivity index (χ2v) is 5.68. The Kier molecular flexibility index (Phi) is 7.52. The van der Waals surface area contributed by atoms with Crippen LogP contribution >= 0.6 is 0 Å². The molecule has 0 aromatic carbocycles. The van der Waals surface area contributed by atoms with Gasteiger partial charge in [-0.1, -0.05) is 5.92 Å². The normalized spacial score (nSPS) is 16.0. The summed E-state index contributed by atoms with van der Waals surface area (Å²) in [6, 6.07) is 0. The molecule has 8 heteroatoms. The average Bonchev–Trinajstić information content (AvgIpc) is 2.93. The van der Waals surface area contributed by atoms with Crippen molar-refractivity contribution in [1.29, 1.82) is 0 Å². The number of hydrogen-bond donors (Lipinski definition) is 2. The summed E-state index contributed by atoms with van der Waals surface area (Å²) in [5.74, 6) is 4.96. The quantitative estimate of drug-likeness (QED) is 0.304. The lowest BCUT2D eigenvalue weighted by Crippen LogP contribution is -2.41. The number of aryl methyl sites for hydroxylation is 1. The molecule has 0 saturated carbocycles. The number of hydrogen-bond acceptors (Lipinski definition) is 5. The molecule has 0 spiro atoms. The Bertz CT molecular complexity index is 569. The molecule has 2 rings (SSSR count). The molecule has 132 valence electrons. The first-order valence-corrected chi connectivity index (χ1v) is 8.31. The Labute approximate surface area is 143 Å². The fraction of sp³-hybridized carbons (Fsp3) is 0.688. The van der Waals surface area contributed by atoms with Crippen LogP contribution in [0.1, 0.15) is 18.1 Å². The standard InChI is InChI=1S/C16H27N7O/c1-4-6-17-16(19-13-15-21-20-14(2)22(15)3)18-7-5-8-23-9-11-24-12-10-23/h1H,5-13H2,2-3H3,(H2,17,18,19). The fourth-order valence-electron chi connectivity index (χ4n) is 2.38. The van der Waals surface area contributed by atoms with Crippen LogP contribution in [0.5, 0.6) is 0 Å². The lowest BCUT2D eigenvalue weighted by atomic mass is 10.3. The van der Waals surface area contributed by atoms with E-state index < -0.39 is 0 Å². The minimum Gasteiger partial charge on any atom is -0.379 e. The second-order valence-electron chi connectivity index (χ2n) is 5.68. The van der Waals surface area contributed by atoms with Gasteiger partial charge in [-0.05, 0) is 19.9 Å². The van der Waals surface area contributed by atoms with Gasteiger partial charge >= 0.3 is 0 Å². The molecule has 8 nitrogen and oxygen atoms in total. The van der Waals surface area contributed by atoms with Gasteiger partial charge in [0.05, 0.1) is 19.8 Å². The molecule has 0 unspecified atom stereocenters. The Morgan fingerprint density at radius 3 is 2.79 bits per heavy atom. The maximum Gasteiger partial charge on any atom is 0.192 e. The first-order chi connectivity index (χ1) is 11.7. The summed E-state index contributed by atoms with van der Waals surface area (Å²) < 4.78 is 7.29. The van der Waals surface area contributed by atoms with Crippen molar-refractivity contribution >= 4 is 5.96 Å². The van der Waals surface area contributed by atoms with Gasteiger partial charge in [-0.15, -0.1) is 16.6 Å². The van der Waals surface area contributed by atoms with E-state index in [9.17, 15) is 0 Å². The third kappa shape index (κ3) is 5.83. The Morgan fingerprint density at radius 2 is 2.12 bits per heavy atom. The summed E-state index contributed by atoms with van der Waals surface area (Å²) in [6.45, 7) is 8.41. The smallest absolute Gasteiger partial charge is 0.192 e. The molecule has 0 aliphatic carbocycles. The Hall–Kier alpha value is -2.11. The molecular formula is C16H27N7O. The van der Waals surface area contributed by atoms with Crippen molar-refractivity contribution in [2.45, 2.75) is 19.9 Å². The van der Waals surface area contributed by atoms with Crippen molar-refractivity contribution in [3.63, 3.8) is 0 Å². The number of ether oxygens (including phenoxy) is 1. The van der Waals surface area contributed by atoms with Crippen LogP contribution < -0.4 is 10.6 Å². The monoisotopic (exact) mass is 333 g/mol. The Morgan fingerprint density at radius 1 is 1.33 bits per heavy atom. The molecule has 1 aromatic rings. The number of guanidine groups is 1. The van der Waals surface area contributed by atoms with E-state index in [4.69, 9.17) is 11.2 Å². The predicted molar refractivity (Wildman–Crippen MR) is 93.6 cm³/mol. The van der Waals surface area contributed by atoms with Crippen LogP contribution in [0, 0.1) is 19.3 Å². The number of aliphatic imine (C=N–C) groups is 1. The zero-order chi connectivity index (χ0) is 17.2. The number of morpholine rings is 1. The highest BCUT2D eigenvalue weighted by molar-refractivity contribution is 5.79. The number of rotatable bonds is 7. The summed E-state index contributed by atoms with van der Waals surface area (Å²) >= 11 is 0. The van der Waals surface area contributed by atoms with Crippen molar-refractivity contribution in [1.82, 2.24) is 30.3 Å². The zero-order valence-corrected chi connectivity index (χ0v) is 14.6. The van der Waals surface area contributed by atoms with Gasteiger partial charge in [-0.3, -0.25) is 4.90 Å². The van der Waals surface area contributed by atoms with Crippen LogP contribution in [0.3, 0.4) is 0 Å². The average molecular weight is 333 g/mol. The molecule has 1 fully saturated rings. The van der Waals surface area contributed by atoms with E-state index in [2.05, 4.69) is 36.6 Å². The summed E-state index contributed by atoms with van der Waals surface area (Å²) in [5, 5.41) is 14.6. The molecule has 0 amide bonds. The third-order valence-corrected chi connectivity index (χ3v) is 3.97. The van der Waals surface area contributed by atoms with Gasteiger partial charge in [0.25, 0.3) is 0 Å². The van der Waals surface area contributed by atoms with Crippen molar-refractivity contribution in [2.75, 3.05) is 45.9 Å². The molecule has 2 heterocycles. The summed E-state index contributed by atoms with van der Waals surface area (Å²) in [4.78, 5) is 6.95. The van der Waals surface area contributed by atoms with E-state index in [-0.39, 0.29) is 0 Å². The topological polar surface area (TPSA) is 79.6 Å². The Balaban J connectivity index is 1.77. The van der Waals surface area contributed by atoms with Crippen LogP contribution in [0.2, 0.25) is 0 Å². The molecule has 0 atom stereocenters. The van der Waals surface area contributed by atoms with Gasteiger partial charge in [0.15, 0.2) is 11.8 Å². The number of aromatic nitrogens is 3. The molecule has 24 heavy (non-hydrogen) atoms. The van der Waals surface area contributed by atoms with Crippen LogP contribution in [0.15, 0.2) is 4.99 Å². The maximum atomic E-state index is 5.36. The molecule has 1 aliphatic rings. The van der Waals surface area contributed by atoms with Crippen LogP contribution in [-0.2, 0) is 18.3 Å².